The molecule has 1 aliphatic carbocycles. The Hall–Kier alpha value is -0.160. The van der Waals surface area contributed by atoms with Gasteiger partial charge in [0.15, 0.2) is 0 Å². The van der Waals surface area contributed by atoms with Crippen molar-refractivity contribution < 1.29 is 4.57 Å². The standard InChI is InChI=1S/C9H16OP/c1-2-8-11(10)9-6-4-3-5-7-9/h4,6,9H,2-3,5,7-8H2,1H3. The lowest BCUT2D eigenvalue weighted by Crippen LogP contribution is -2.03. The highest BCUT2D eigenvalue weighted by Crippen LogP contribution is 2.35. The largest absolute Gasteiger partial charge is 0.287 e. The second kappa shape index (κ2) is 4.66. The van der Waals surface area contributed by atoms with E-state index in [1.54, 1.807) is 0 Å². The second-order valence-corrected chi connectivity index (χ2v) is 5.01. The molecule has 1 aliphatic rings. The summed E-state index contributed by atoms with van der Waals surface area (Å²) in [6.07, 6.45) is 9.85. The van der Waals surface area contributed by atoms with E-state index >= 15 is 0 Å². The minimum atomic E-state index is -0.936. The Labute approximate surface area is 69.7 Å². The molecule has 2 atom stereocenters. The zero-order valence-electron chi connectivity index (χ0n) is 7.12. The van der Waals surface area contributed by atoms with Crippen molar-refractivity contribution in [1.29, 1.82) is 0 Å². The topological polar surface area (TPSA) is 17.1 Å². The van der Waals surface area contributed by atoms with Crippen molar-refractivity contribution in [3.8, 4) is 0 Å². The Bertz CT molecular complexity index is 163. The Balaban J connectivity index is 2.39. The molecule has 0 fully saturated rings. The summed E-state index contributed by atoms with van der Waals surface area (Å²) in [4.78, 5) is 0. The van der Waals surface area contributed by atoms with E-state index in [9.17, 15) is 4.57 Å². The number of hydrogen-bond acceptors (Lipinski definition) is 1. The van der Waals surface area contributed by atoms with Crippen molar-refractivity contribution in [3.05, 3.63) is 12.2 Å². The van der Waals surface area contributed by atoms with Crippen LogP contribution in [0, 0.1) is 0 Å². The van der Waals surface area contributed by atoms with Gasteiger partial charge in [0.1, 0.15) is 0 Å². The number of hydrogen-bond donors (Lipinski definition) is 0. The average molecular weight is 171 g/mol. The van der Waals surface area contributed by atoms with Gasteiger partial charge in [-0.3, -0.25) is 4.57 Å². The van der Waals surface area contributed by atoms with Crippen molar-refractivity contribution in [2.45, 2.75) is 38.3 Å². The highest BCUT2D eigenvalue weighted by atomic mass is 31.1. The van der Waals surface area contributed by atoms with Crippen LogP contribution < -0.4 is 0 Å². The van der Waals surface area contributed by atoms with Crippen molar-refractivity contribution in [2.24, 2.45) is 0 Å². The maximum Gasteiger partial charge on any atom is 0.0788 e. The summed E-state index contributed by atoms with van der Waals surface area (Å²) in [7, 11) is -0.936. The summed E-state index contributed by atoms with van der Waals surface area (Å²) in [5, 5.41) is 0. The van der Waals surface area contributed by atoms with Crippen LogP contribution in [-0.4, -0.2) is 11.8 Å². The predicted molar refractivity (Wildman–Crippen MR) is 49.5 cm³/mol. The minimum absolute atomic E-state index is 0.402. The van der Waals surface area contributed by atoms with E-state index in [1.807, 2.05) is 0 Å². The van der Waals surface area contributed by atoms with Crippen LogP contribution in [0.5, 0.6) is 0 Å². The lowest BCUT2D eigenvalue weighted by molar-refractivity contribution is 0.575. The molecule has 2 heteroatoms. The van der Waals surface area contributed by atoms with Crippen LogP contribution in [0.4, 0.5) is 0 Å². The molecule has 0 aromatic rings. The molecule has 0 bridgehead atoms. The fourth-order valence-corrected chi connectivity index (χ4v) is 2.98. The molecule has 0 aromatic heterocycles. The third-order valence-corrected chi connectivity index (χ3v) is 4.10. The van der Waals surface area contributed by atoms with Crippen molar-refractivity contribution >= 4 is 7.80 Å². The van der Waals surface area contributed by atoms with Gasteiger partial charge in [0.25, 0.3) is 0 Å². The monoisotopic (exact) mass is 171 g/mol. The van der Waals surface area contributed by atoms with E-state index in [4.69, 9.17) is 0 Å². The predicted octanol–water partition coefficient (Wildman–Crippen LogP) is 3.33. The molecule has 63 valence electrons. The van der Waals surface area contributed by atoms with Gasteiger partial charge in [-0.25, -0.2) is 0 Å². The van der Waals surface area contributed by atoms with Crippen LogP contribution in [0.25, 0.3) is 0 Å². The molecule has 0 aliphatic heterocycles. The van der Waals surface area contributed by atoms with Gasteiger partial charge in [-0.05, 0) is 25.7 Å². The fraction of sp³-hybridized carbons (Fsp3) is 0.778. The molecule has 1 nitrogen and oxygen atoms in total. The smallest absolute Gasteiger partial charge is 0.0788 e. The molecule has 1 radical (unpaired) electrons. The molecular weight excluding hydrogens is 155 g/mol. The van der Waals surface area contributed by atoms with Gasteiger partial charge >= 0.3 is 0 Å². The van der Waals surface area contributed by atoms with Gasteiger partial charge in [-0.2, -0.15) is 0 Å². The lowest BCUT2D eigenvalue weighted by atomic mass is 10.1. The molecule has 0 saturated heterocycles. The van der Waals surface area contributed by atoms with Crippen molar-refractivity contribution in [2.75, 3.05) is 6.16 Å². The van der Waals surface area contributed by atoms with Gasteiger partial charge in [0.05, 0.1) is 7.80 Å². The van der Waals surface area contributed by atoms with E-state index in [2.05, 4.69) is 19.1 Å². The van der Waals surface area contributed by atoms with E-state index in [1.165, 1.54) is 12.8 Å². The van der Waals surface area contributed by atoms with E-state index in [-0.39, 0.29) is 0 Å². The molecule has 0 spiro atoms. The van der Waals surface area contributed by atoms with Gasteiger partial charge in [0.2, 0.25) is 0 Å². The van der Waals surface area contributed by atoms with Crippen LogP contribution >= 0.6 is 7.80 Å². The van der Waals surface area contributed by atoms with Crippen LogP contribution in [-0.2, 0) is 4.57 Å². The zero-order valence-corrected chi connectivity index (χ0v) is 8.02. The van der Waals surface area contributed by atoms with E-state index in [0.717, 1.165) is 19.0 Å². The first-order valence-corrected chi connectivity index (χ1v) is 5.96. The molecule has 0 saturated carbocycles. The van der Waals surface area contributed by atoms with Gasteiger partial charge < -0.3 is 0 Å². The number of allylic oxidation sites excluding steroid dienone is 2. The Morgan fingerprint density at radius 2 is 2.45 bits per heavy atom. The van der Waals surface area contributed by atoms with Crippen molar-refractivity contribution in [1.82, 2.24) is 0 Å². The average Bonchev–Trinajstić information content (AvgIpc) is 2.07. The third kappa shape index (κ3) is 2.75. The van der Waals surface area contributed by atoms with E-state index in [0.29, 0.717) is 5.66 Å². The molecule has 2 unspecified atom stereocenters. The maximum absolute atomic E-state index is 11.5. The highest BCUT2D eigenvalue weighted by molar-refractivity contribution is 7.45. The summed E-state index contributed by atoms with van der Waals surface area (Å²) in [6, 6.07) is 0. The number of rotatable bonds is 3. The zero-order chi connectivity index (χ0) is 8.10. The Kier molecular flexibility index (Phi) is 3.79. The Morgan fingerprint density at radius 1 is 1.64 bits per heavy atom. The lowest BCUT2D eigenvalue weighted by Gasteiger charge is -2.14. The summed E-state index contributed by atoms with van der Waals surface area (Å²) < 4.78 is 11.5. The van der Waals surface area contributed by atoms with Crippen molar-refractivity contribution in [3.63, 3.8) is 0 Å². The first-order valence-electron chi connectivity index (χ1n) is 4.45. The normalized spacial score (nSPS) is 25.2. The third-order valence-electron chi connectivity index (χ3n) is 2.04. The first kappa shape index (κ1) is 8.93. The van der Waals surface area contributed by atoms with Crippen LogP contribution in [0.1, 0.15) is 32.6 Å². The quantitative estimate of drug-likeness (QED) is 0.470. The summed E-state index contributed by atoms with van der Waals surface area (Å²) >= 11 is 0. The molecule has 0 amide bonds. The SMILES string of the molecule is CCC[P](=O)C1C=CCCC1. The summed E-state index contributed by atoms with van der Waals surface area (Å²) in [5.41, 5.74) is 0.402. The molecule has 0 N–H and O–H groups in total. The molecular formula is C9H16OP. The molecule has 0 aromatic carbocycles. The van der Waals surface area contributed by atoms with Crippen LogP contribution in [0.2, 0.25) is 0 Å². The molecule has 11 heavy (non-hydrogen) atoms. The Morgan fingerprint density at radius 3 is 3.00 bits per heavy atom. The maximum atomic E-state index is 11.5. The molecule has 0 heterocycles. The van der Waals surface area contributed by atoms with Crippen LogP contribution in [0.3, 0.4) is 0 Å². The van der Waals surface area contributed by atoms with Gasteiger partial charge in [-0.15, -0.1) is 0 Å². The first-order chi connectivity index (χ1) is 5.34. The van der Waals surface area contributed by atoms with E-state index < -0.39 is 7.80 Å². The fourth-order valence-electron chi connectivity index (χ4n) is 1.42. The minimum Gasteiger partial charge on any atom is -0.287 e. The van der Waals surface area contributed by atoms with Gasteiger partial charge in [-0.1, -0.05) is 19.1 Å². The summed E-state index contributed by atoms with van der Waals surface area (Å²) in [6.45, 7) is 2.10. The highest BCUT2D eigenvalue weighted by Gasteiger charge is 2.14. The van der Waals surface area contributed by atoms with Crippen LogP contribution in [0.15, 0.2) is 12.2 Å². The van der Waals surface area contributed by atoms with Gasteiger partial charge in [0, 0.05) is 11.8 Å². The summed E-state index contributed by atoms with van der Waals surface area (Å²) in [5.74, 6) is 0. The second-order valence-electron chi connectivity index (χ2n) is 3.07. The molecule has 1 rings (SSSR count).